The maximum absolute atomic E-state index is 11.9. The molecule has 136 valence electrons. The minimum Gasteiger partial charge on any atom is -0.452 e. The molecule has 0 spiro atoms. The van der Waals surface area contributed by atoms with Crippen LogP contribution in [0.5, 0.6) is 0 Å². The molecule has 2 N–H and O–H groups in total. The summed E-state index contributed by atoms with van der Waals surface area (Å²) in [4.78, 5) is 35.6. The largest absolute Gasteiger partial charge is 0.452 e. The van der Waals surface area contributed by atoms with Crippen molar-refractivity contribution in [2.24, 2.45) is 11.8 Å². The third-order valence-corrected chi connectivity index (χ3v) is 4.86. The van der Waals surface area contributed by atoms with E-state index in [1.807, 2.05) is 13.0 Å². The number of carbonyl (C=O) groups is 3. The van der Waals surface area contributed by atoms with Crippen LogP contribution in [0.1, 0.15) is 49.0 Å². The minimum absolute atomic E-state index is 0.0615. The summed E-state index contributed by atoms with van der Waals surface area (Å²) in [7, 11) is 0. The molecule has 1 fully saturated rings. The minimum atomic E-state index is -0.644. The lowest BCUT2D eigenvalue weighted by atomic mass is 9.78. The smallest absolute Gasteiger partial charge is 0.338 e. The van der Waals surface area contributed by atoms with E-state index in [4.69, 9.17) is 4.74 Å². The van der Waals surface area contributed by atoms with Crippen LogP contribution in [0.4, 0.5) is 4.79 Å². The molecule has 0 unspecified atom stereocenters. The Bertz CT molecular complexity index is 644. The van der Waals surface area contributed by atoms with Crippen molar-refractivity contribution in [3.63, 3.8) is 0 Å². The Morgan fingerprint density at radius 2 is 1.96 bits per heavy atom. The number of nitrogens with one attached hydrogen (secondary N) is 2. The predicted octanol–water partition coefficient (Wildman–Crippen LogP) is 2.80. The van der Waals surface area contributed by atoms with Crippen molar-refractivity contribution in [3.05, 3.63) is 35.4 Å². The summed E-state index contributed by atoms with van der Waals surface area (Å²) in [6.45, 7) is 5.66. The fraction of sp³-hybridized carbons (Fsp3) is 0.526. The second kappa shape index (κ2) is 8.65. The van der Waals surface area contributed by atoms with Crippen molar-refractivity contribution in [3.8, 4) is 0 Å². The molecule has 6 heteroatoms. The van der Waals surface area contributed by atoms with Gasteiger partial charge in [0.05, 0.1) is 5.56 Å². The summed E-state index contributed by atoms with van der Waals surface area (Å²) in [6, 6.07) is 6.42. The summed E-state index contributed by atoms with van der Waals surface area (Å²) in [5.41, 5.74) is 1.30. The van der Waals surface area contributed by atoms with Crippen LogP contribution < -0.4 is 10.6 Å². The van der Waals surface area contributed by atoms with Crippen molar-refractivity contribution in [2.45, 2.75) is 46.1 Å². The molecule has 1 aromatic rings. The number of aryl methyl sites for hydroxylation is 1. The number of esters is 1. The first-order valence-corrected chi connectivity index (χ1v) is 8.71. The third kappa shape index (κ3) is 5.59. The van der Waals surface area contributed by atoms with Crippen molar-refractivity contribution >= 4 is 17.9 Å². The summed E-state index contributed by atoms with van der Waals surface area (Å²) in [5, 5.41) is 5.06. The number of hydrogen-bond acceptors (Lipinski definition) is 4. The number of rotatable bonds is 4. The van der Waals surface area contributed by atoms with Crippen LogP contribution in [0.2, 0.25) is 0 Å². The van der Waals surface area contributed by atoms with Crippen LogP contribution in [0.3, 0.4) is 0 Å². The van der Waals surface area contributed by atoms with Gasteiger partial charge in [0.2, 0.25) is 0 Å². The molecule has 0 saturated heterocycles. The van der Waals surface area contributed by atoms with E-state index in [1.54, 1.807) is 18.2 Å². The number of carbonyl (C=O) groups excluding carboxylic acids is 3. The highest BCUT2D eigenvalue weighted by Crippen LogP contribution is 2.29. The van der Waals surface area contributed by atoms with Crippen LogP contribution in [0, 0.1) is 18.8 Å². The Balaban J connectivity index is 1.76. The number of ether oxygens (including phenoxy) is 1. The van der Waals surface area contributed by atoms with Crippen LogP contribution >= 0.6 is 0 Å². The number of hydrogen-bond donors (Lipinski definition) is 2. The number of imide groups is 1. The zero-order valence-corrected chi connectivity index (χ0v) is 15.0. The van der Waals surface area contributed by atoms with Crippen molar-refractivity contribution in [1.82, 2.24) is 10.6 Å². The standard InChI is InChI=1S/C19H26N2O4/c1-12-6-4-8-15(10-12)18(23)25-11-17(22)21-19(24)20-16-9-5-7-13(2)14(16)3/h4,6,8,10,13-14,16H,5,7,9,11H2,1-3H3,(H2,20,21,22,24)/t13-,14-,16+/m0/s1. The lowest BCUT2D eigenvalue weighted by molar-refractivity contribution is -0.123. The van der Waals surface area contributed by atoms with Crippen molar-refractivity contribution in [1.29, 1.82) is 0 Å². The van der Waals surface area contributed by atoms with Gasteiger partial charge in [0, 0.05) is 6.04 Å². The maximum atomic E-state index is 11.9. The summed E-state index contributed by atoms with van der Waals surface area (Å²) >= 11 is 0. The highest BCUT2D eigenvalue weighted by Gasteiger charge is 2.28. The molecule has 1 aromatic carbocycles. The predicted molar refractivity (Wildman–Crippen MR) is 94.1 cm³/mol. The quantitative estimate of drug-likeness (QED) is 0.821. The fourth-order valence-electron chi connectivity index (χ4n) is 3.14. The van der Waals surface area contributed by atoms with Gasteiger partial charge >= 0.3 is 12.0 Å². The van der Waals surface area contributed by atoms with Gasteiger partial charge in [-0.25, -0.2) is 9.59 Å². The molecular formula is C19H26N2O4. The van der Waals surface area contributed by atoms with Crippen LogP contribution in [0.25, 0.3) is 0 Å². The van der Waals surface area contributed by atoms with Crippen LogP contribution in [-0.2, 0) is 9.53 Å². The van der Waals surface area contributed by atoms with Gasteiger partial charge in [-0.3, -0.25) is 10.1 Å². The molecule has 6 nitrogen and oxygen atoms in total. The van der Waals surface area contributed by atoms with Gasteiger partial charge in [0.15, 0.2) is 6.61 Å². The molecule has 1 aliphatic carbocycles. The van der Waals surface area contributed by atoms with E-state index < -0.39 is 24.5 Å². The Morgan fingerprint density at radius 1 is 1.20 bits per heavy atom. The molecule has 0 aromatic heterocycles. The third-order valence-electron chi connectivity index (χ3n) is 4.86. The first-order valence-electron chi connectivity index (χ1n) is 8.71. The maximum Gasteiger partial charge on any atom is 0.338 e. The summed E-state index contributed by atoms with van der Waals surface area (Å²) in [5.74, 6) is -0.317. The van der Waals surface area contributed by atoms with E-state index in [0.29, 0.717) is 17.4 Å². The van der Waals surface area contributed by atoms with E-state index in [0.717, 1.165) is 24.8 Å². The summed E-state index contributed by atoms with van der Waals surface area (Å²) in [6.07, 6.45) is 3.14. The van der Waals surface area contributed by atoms with Gasteiger partial charge in [0.25, 0.3) is 5.91 Å². The Hall–Kier alpha value is -2.37. The van der Waals surface area contributed by atoms with E-state index in [9.17, 15) is 14.4 Å². The zero-order valence-electron chi connectivity index (χ0n) is 15.0. The molecule has 3 amide bonds. The van der Waals surface area contributed by atoms with E-state index in [-0.39, 0.29) is 6.04 Å². The van der Waals surface area contributed by atoms with Gasteiger partial charge in [-0.2, -0.15) is 0 Å². The van der Waals surface area contributed by atoms with Crippen LogP contribution in [-0.4, -0.2) is 30.6 Å². The number of amides is 3. The fourth-order valence-corrected chi connectivity index (χ4v) is 3.14. The van der Waals surface area contributed by atoms with Gasteiger partial charge in [-0.15, -0.1) is 0 Å². The Labute approximate surface area is 148 Å². The Kier molecular flexibility index (Phi) is 6.56. The van der Waals surface area contributed by atoms with E-state index in [1.165, 1.54) is 0 Å². The lowest BCUT2D eigenvalue weighted by Crippen LogP contribution is -2.49. The molecule has 0 bridgehead atoms. The summed E-state index contributed by atoms with van der Waals surface area (Å²) < 4.78 is 4.94. The van der Waals surface area contributed by atoms with Gasteiger partial charge in [-0.1, -0.05) is 44.4 Å². The highest BCUT2D eigenvalue weighted by atomic mass is 16.5. The van der Waals surface area contributed by atoms with Gasteiger partial charge in [0.1, 0.15) is 0 Å². The average Bonchev–Trinajstić information content (AvgIpc) is 2.56. The molecule has 1 saturated carbocycles. The molecule has 1 aliphatic rings. The molecule has 25 heavy (non-hydrogen) atoms. The van der Waals surface area contributed by atoms with Crippen LogP contribution in [0.15, 0.2) is 24.3 Å². The molecule has 2 rings (SSSR count). The number of urea groups is 1. The molecule has 3 atom stereocenters. The molecular weight excluding hydrogens is 320 g/mol. The monoisotopic (exact) mass is 346 g/mol. The first kappa shape index (κ1) is 19.0. The SMILES string of the molecule is Cc1cccc(C(=O)OCC(=O)NC(=O)N[C@@H]2CCC[C@H](C)[C@@H]2C)c1. The van der Waals surface area contributed by atoms with Crippen molar-refractivity contribution in [2.75, 3.05) is 6.61 Å². The molecule has 0 heterocycles. The van der Waals surface area contributed by atoms with Crippen molar-refractivity contribution < 1.29 is 19.1 Å². The topological polar surface area (TPSA) is 84.5 Å². The number of benzene rings is 1. The van der Waals surface area contributed by atoms with E-state index in [2.05, 4.69) is 24.5 Å². The zero-order chi connectivity index (χ0) is 18.4. The highest BCUT2D eigenvalue weighted by molar-refractivity contribution is 5.97. The van der Waals surface area contributed by atoms with Gasteiger partial charge in [-0.05, 0) is 37.3 Å². The molecule has 0 radical (unpaired) electrons. The van der Waals surface area contributed by atoms with Gasteiger partial charge < -0.3 is 10.1 Å². The average molecular weight is 346 g/mol. The second-order valence-electron chi connectivity index (χ2n) is 6.84. The normalized spacial score (nSPS) is 22.8. The van der Waals surface area contributed by atoms with E-state index >= 15 is 0 Å². The first-order chi connectivity index (χ1) is 11.9. The lowest BCUT2D eigenvalue weighted by Gasteiger charge is -2.34. The molecule has 0 aliphatic heterocycles. The Morgan fingerprint density at radius 3 is 2.68 bits per heavy atom. The second-order valence-corrected chi connectivity index (χ2v) is 6.84.